The number of rotatable bonds is 13. The molecule has 216 valence electrons. The lowest BCUT2D eigenvalue weighted by atomic mass is 10.2. The summed E-state index contributed by atoms with van der Waals surface area (Å²) in [5.74, 6) is -0.115. The highest BCUT2D eigenvalue weighted by Crippen LogP contribution is 2.32. The molecule has 0 radical (unpaired) electrons. The van der Waals surface area contributed by atoms with Crippen molar-refractivity contribution in [1.29, 1.82) is 0 Å². The third-order valence-corrected chi connectivity index (χ3v) is 7.73. The quantitative estimate of drug-likeness (QED) is 0.182. The number of nitrogens with one attached hydrogen (secondary N) is 2. The van der Waals surface area contributed by atoms with E-state index in [1.54, 1.807) is 66.7 Å². The van der Waals surface area contributed by atoms with Crippen LogP contribution >= 0.6 is 0 Å². The molecule has 0 heterocycles. The SMILES string of the molecule is COc1ccccc1N(CC(=O)N/N=C\c1ccc(OCC(=O)NCc2ccccc2)cc1)S(=O)(=O)c1ccccc1. The first kappa shape index (κ1) is 29.8. The summed E-state index contributed by atoms with van der Waals surface area (Å²) < 4.78 is 38.8. The van der Waals surface area contributed by atoms with Crippen LogP contribution in [-0.2, 0) is 26.2 Å². The highest BCUT2D eigenvalue weighted by molar-refractivity contribution is 7.92. The van der Waals surface area contributed by atoms with E-state index < -0.39 is 22.5 Å². The van der Waals surface area contributed by atoms with E-state index >= 15 is 0 Å². The minimum Gasteiger partial charge on any atom is -0.495 e. The van der Waals surface area contributed by atoms with Gasteiger partial charge in [-0.25, -0.2) is 13.8 Å². The number of carbonyl (C=O) groups excluding carboxylic acids is 2. The van der Waals surface area contributed by atoms with Gasteiger partial charge in [0.1, 0.15) is 18.0 Å². The molecular formula is C31H30N4O6S. The van der Waals surface area contributed by atoms with E-state index in [-0.39, 0.29) is 23.1 Å². The molecule has 0 aliphatic carbocycles. The monoisotopic (exact) mass is 586 g/mol. The summed E-state index contributed by atoms with van der Waals surface area (Å²) in [5, 5.41) is 6.75. The van der Waals surface area contributed by atoms with Crippen molar-refractivity contribution in [2.24, 2.45) is 5.10 Å². The first-order valence-corrected chi connectivity index (χ1v) is 14.4. The van der Waals surface area contributed by atoms with Crippen molar-refractivity contribution >= 4 is 33.7 Å². The van der Waals surface area contributed by atoms with E-state index in [0.29, 0.717) is 23.6 Å². The zero-order valence-electron chi connectivity index (χ0n) is 22.8. The average Bonchev–Trinajstić information content (AvgIpc) is 3.03. The van der Waals surface area contributed by atoms with Crippen LogP contribution in [-0.4, -0.2) is 46.7 Å². The number of hydrogen-bond donors (Lipinski definition) is 2. The van der Waals surface area contributed by atoms with Gasteiger partial charge in [-0.1, -0.05) is 60.7 Å². The molecule has 4 aromatic rings. The topological polar surface area (TPSA) is 126 Å². The van der Waals surface area contributed by atoms with E-state index in [1.807, 2.05) is 30.3 Å². The third-order valence-electron chi connectivity index (χ3n) is 5.96. The Labute approximate surface area is 244 Å². The zero-order chi connectivity index (χ0) is 29.8. The predicted molar refractivity (Wildman–Crippen MR) is 160 cm³/mol. The van der Waals surface area contributed by atoms with Crippen molar-refractivity contribution in [3.05, 3.63) is 120 Å². The van der Waals surface area contributed by atoms with Crippen molar-refractivity contribution < 1.29 is 27.5 Å². The first-order chi connectivity index (χ1) is 20.4. The molecule has 0 atom stereocenters. The molecule has 4 aromatic carbocycles. The summed E-state index contributed by atoms with van der Waals surface area (Å²) in [6.45, 7) is -0.252. The lowest BCUT2D eigenvalue weighted by Gasteiger charge is -2.25. The second-order valence-electron chi connectivity index (χ2n) is 8.91. The van der Waals surface area contributed by atoms with Crippen LogP contribution in [0.4, 0.5) is 5.69 Å². The van der Waals surface area contributed by atoms with Gasteiger partial charge in [-0.05, 0) is 59.7 Å². The standard InChI is InChI=1S/C31H30N4O6S/c1-40-29-15-9-8-14-28(29)35(42(38,39)27-12-6-3-7-13-27)22-30(36)34-33-21-25-16-18-26(19-17-25)41-23-31(37)32-20-24-10-4-2-5-11-24/h2-19,21H,20,22-23H2,1H3,(H,32,37)(H,34,36)/b33-21-. The summed E-state index contributed by atoms with van der Waals surface area (Å²) in [6.07, 6.45) is 1.41. The number of amides is 2. The Kier molecular flexibility index (Phi) is 10.3. The number of methoxy groups -OCH3 is 1. The Morgan fingerprint density at radius 1 is 0.833 bits per heavy atom. The largest absolute Gasteiger partial charge is 0.495 e. The molecule has 0 saturated carbocycles. The molecule has 0 aliphatic heterocycles. The zero-order valence-corrected chi connectivity index (χ0v) is 23.7. The number of carbonyl (C=O) groups is 2. The van der Waals surface area contributed by atoms with Gasteiger partial charge in [0.25, 0.3) is 21.8 Å². The smallest absolute Gasteiger partial charge is 0.264 e. The predicted octanol–water partition coefficient (Wildman–Crippen LogP) is 3.74. The molecule has 11 heteroatoms. The number of hydrogen-bond acceptors (Lipinski definition) is 7. The molecule has 0 spiro atoms. The fourth-order valence-electron chi connectivity index (χ4n) is 3.85. The van der Waals surface area contributed by atoms with Gasteiger partial charge in [0.15, 0.2) is 6.61 Å². The highest BCUT2D eigenvalue weighted by Gasteiger charge is 2.29. The molecule has 4 rings (SSSR count). The minimum atomic E-state index is -4.10. The van der Waals surface area contributed by atoms with Crippen LogP contribution in [0, 0.1) is 0 Å². The maximum Gasteiger partial charge on any atom is 0.264 e. The fourth-order valence-corrected chi connectivity index (χ4v) is 5.30. The number of sulfonamides is 1. The number of benzene rings is 4. The van der Waals surface area contributed by atoms with Crippen molar-refractivity contribution in [2.45, 2.75) is 11.4 Å². The van der Waals surface area contributed by atoms with Gasteiger partial charge in [-0.15, -0.1) is 0 Å². The first-order valence-electron chi connectivity index (χ1n) is 12.9. The fraction of sp³-hybridized carbons (Fsp3) is 0.129. The molecule has 0 saturated heterocycles. The van der Waals surface area contributed by atoms with E-state index in [9.17, 15) is 18.0 Å². The van der Waals surface area contributed by atoms with Crippen LogP contribution in [0.25, 0.3) is 0 Å². The van der Waals surface area contributed by atoms with Crippen molar-refractivity contribution in [3.63, 3.8) is 0 Å². The maximum absolute atomic E-state index is 13.5. The summed E-state index contributed by atoms with van der Waals surface area (Å²) in [5.41, 5.74) is 4.23. The average molecular weight is 587 g/mol. The molecule has 10 nitrogen and oxygen atoms in total. The van der Waals surface area contributed by atoms with Crippen LogP contribution in [0.2, 0.25) is 0 Å². The molecule has 0 aliphatic rings. The van der Waals surface area contributed by atoms with Gasteiger partial charge in [0, 0.05) is 6.54 Å². The Morgan fingerprint density at radius 2 is 1.48 bits per heavy atom. The second-order valence-corrected chi connectivity index (χ2v) is 10.8. The van der Waals surface area contributed by atoms with E-state index in [1.165, 1.54) is 25.5 Å². The summed E-state index contributed by atoms with van der Waals surface area (Å²) in [6, 6.07) is 30.7. The Balaban J connectivity index is 1.34. The third kappa shape index (κ3) is 8.18. The van der Waals surface area contributed by atoms with Gasteiger partial charge < -0.3 is 14.8 Å². The molecule has 2 N–H and O–H groups in total. The molecule has 0 fully saturated rings. The minimum absolute atomic E-state index is 0.0307. The molecule has 42 heavy (non-hydrogen) atoms. The molecule has 0 aromatic heterocycles. The normalized spacial score (nSPS) is 11.1. The van der Waals surface area contributed by atoms with Gasteiger partial charge in [0.2, 0.25) is 0 Å². The maximum atomic E-state index is 13.5. The van der Waals surface area contributed by atoms with Crippen molar-refractivity contribution in [3.8, 4) is 11.5 Å². The molecule has 2 amide bonds. The van der Waals surface area contributed by atoms with Gasteiger partial charge in [0.05, 0.1) is 23.9 Å². The van der Waals surface area contributed by atoms with Gasteiger partial charge in [-0.3, -0.25) is 13.9 Å². The number of hydrazone groups is 1. The van der Waals surface area contributed by atoms with Gasteiger partial charge in [-0.2, -0.15) is 5.10 Å². The Bertz CT molecular complexity index is 1610. The lowest BCUT2D eigenvalue weighted by molar-refractivity contribution is -0.123. The van der Waals surface area contributed by atoms with Crippen LogP contribution in [0.5, 0.6) is 11.5 Å². The van der Waals surface area contributed by atoms with Crippen LogP contribution in [0.1, 0.15) is 11.1 Å². The number of ether oxygens (including phenoxy) is 2. The molecular weight excluding hydrogens is 556 g/mol. The van der Waals surface area contributed by atoms with Crippen LogP contribution < -0.4 is 24.5 Å². The Hall–Kier alpha value is -5.16. The molecule has 0 unspecified atom stereocenters. The van der Waals surface area contributed by atoms with E-state index in [4.69, 9.17) is 9.47 Å². The highest BCUT2D eigenvalue weighted by atomic mass is 32.2. The second kappa shape index (κ2) is 14.5. The van der Waals surface area contributed by atoms with Crippen molar-refractivity contribution in [1.82, 2.24) is 10.7 Å². The number of para-hydroxylation sites is 2. The number of anilines is 1. The van der Waals surface area contributed by atoms with E-state index in [2.05, 4.69) is 15.8 Å². The Morgan fingerprint density at radius 3 is 2.17 bits per heavy atom. The van der Waals surface area contributed by atoms with Crippen LogP contribution in [0.3, 0.4) is 0 Å². The van der Waals surface area contributed by atoms with Crippen molar-refractivity contribution in [2.75, 3.05) is 24.6 Å². The lowest BCUT2D eigenvalue weighted by Crippen LogP contribution is -2.39. The van der Waals surface area contributed by atoms with E-state index in [0.717, 1.165) is 9.87 Å². The van der Waals surface area contributed by atoms with Crippen LogP contribution in [0.15, 0.2) is 119 Å². The number of nitrogens with zero attached hydrogens (tertiary/aromatic N) is 2. The summed E-state index contributed by atoms with van der Waals surface area (Å²) >= 11 is 0. The van der Waals surface area contributed by atoms with Gasteiger partial charge >= 0.3 is 0 Å². The molecule has 0 bridgehead atoms. The summed E-state index contributed by atoms with van der Waals surface area (Å²) in [4.78, 5) is 24.9. The summed E-state index contributed by atoms with van der Waals surface area (Å²) in [7, 11) is -2.67.